The number of hydrogen-bond donors (Lipinski definition) is 1. The maximum Gasteiger partial charge on any atom is 0.358 e. The Morgan fingerprint density at radius 2 is 2.40 bits per heavy atom. The number of likely N-dealkylation sites (N-methyl/N-ethyl adjacent to an activating group) is 1. The molecule has 1 unspecified atom stereocenters. The zero-order valence-electron chi connectivity index (χ0n) is 11.8. The van der Waals surface area contributed by atoms with Crippen molar-refractivity contribution >= 4 is 5.97 Å². The number of aromatic nitrogens is 3. The molecule has 1 N–H and O–H groups in total. The molecule has 1 aromatic heterocycles. The lowest BCUT2D eigenvalue weighted by Crippen LogP contribution is -2.44. The Morgan fingerprint density at radius 3 is 3.05 bits per heavy atom. The molecule has 1 atom stereocenters. The summed E-state index contributed by atoms with van der Waals surface area (Å²) in [7, 11) is 1.51. The molecule has 2 heterocycles. The van der Waals surface area contributed by atoms with Crippen LogP contribution < -0.4 is 0 Å². The Morgan fingerprint density at radius 1 is 1.60 bits per heavy atom. The minimum absolute atomic E-state index is 0.0114. The van der Waals surface area contributed by atoms with Gasteiger partial charge in [0.1, 0.15) is 0 Å². The number of carboxylic acids is 1. The van der Waals surface area contributed by atoms with Crippen molar-refractivity contribution in [2.75, 3.05) is 33.4 Å². The first-order chi connectivity index (χ1) is 9.65. The van der Waals surface area contributed by atoms with Crippen molar-refractivity contribution in [2.45, 2.75) is 26.2 Å². The maximum atomic E-state index is 11.1. The maximum absolute atomic E-state index is 11.1. The van der Waals surface area contributed by atoms with Gasteiger partial charge in [0.15, 0.2) is 5.69 Å². The second kappa shape index (κ2) is 6.78. The van der Waals surface area contributed by atoms with E-state index in [4.69, 9.17) is 14.6 Å². The van der Waals surface area contributed by atoms with Crippen molar-refractivity contribution in [1.82, 2.24) is 19.9 Å². The lowest BCUT2D eigenvalue weighted by Gasteiger charge is -2.32. The summed E-state index contributed by atoms with van der Waals surface area (Å²) >= 11 is 0. The van der Waals surface area contributed by atoms with Crippen LogP contribution in [0.1, 0.15) is 23.1 Å². The predicted octanol–water partition coefficient (Wildman–Crippen LogP) is -0.157. The summed E-state index contributed by atoms with van der Waals surface area (Å²) in [6.45, 7) is 6.15. The van der Waals surface area contributed by atoms with E-state index in [9.17, 15) is 4.79 Å². The fraction of sp³-hybridized carbons (Fsp3) is 0.750. The molecule has 1 aromatic rings. The van der Waals surface area contributed by atoms with E-state index in [0.717, 1.165) is 19.6 Å². The Kier molecular flexibility index (Phi) is 5.05. The van der Waals surface area contributed by atoms with E-state index in [1.54, 1.807) is 4.68 Å². The van der Waals surface area contributed by atoms with Crippen molar-refractivity contribution < 1.29 is 19.4 Å². The number of ether oxygens (including phenoxy) is 2. The van der Waals surface area contributed by atoms with Crippen molar-refractivity contribution in [3.8, 4) is 0 Å². The molecule has 0 amide bonds. The van der Waals surface area contributed by atoms with Gasteiger partial charge in [-0.05, 0) is 6.54 Å². The van der Waals surface area contributed by atoms with Crippen molar-refractivity contribution in [1.29, 1.82) is 0 Å². The first kappa shape index (κ1) is 14.9. The molecule has 1 saturated heterocycles. The lowest BCUT2D eigenvalue weighted by molar-refractivity contribution is -0.0368. The van der Waals surface area contributed by atoms with Gasteiger partial charge in [-0.25, -0.2) is 9.48 Å². The minimum Gasteiger partial charge on any atom is -0.476 e. The molecule has 8 heteroatoms. The van der Waals surface area contributed by atoms with Gasteiger partial charge in [0.2, 0.25) is 0 Å². The molecule has 0 bridgehead atoms. The van der Waals surface area contributed by atoms with Gasteiger partial charge >= 0.3 is 5.97 Å². The SMILES string of the molecule is CCN1CCOC(Cn2nnc(C(=O)O)c2COC)C1. The third-order valence-electron chi connectivity index (χ3n) is 3.37. The van der Waals surface area contributed by atoms with E-state index in [1.807, 2.05) is 0 Å². The summed E-state index contributed by atoms with van der Waals surface area (Å²) in [5.41, 5.74) is 0.409. The number of carbonyl (C=O) groups is 1. The molecule has 0 aliphatic carbocycles. The summed E-state index contributed by atoms with van der Waals surface area (Å²) in [5, 5.41) is 16.7. The molecular weight excluding hydrogens is 264 g/mol. The normalized spacial score (nSPS) is 20.2. The number of hydrogen-bond acceptors (Lipinski definition) is 6. The van der Waals surface area contributed by atoms with Crippen molar-refractivity contribution in [3.63, 3.8) is 0 Å². The summed E-state index contributed by atoms with van der Waals surface area (Å²) in [6, 6.07) is 0. The Labute approximate surface area is 117 Å². The average Bonchev–Trinajstić information content (AvgIpc) is 2.83. The molecule has 2 rings (SSSR count). The van der Waals surface area contributed by atoms with Gasteiger partial charge in [-0.3, -0.25) is 4.90 Å². The third kappa shape index (κ3) is 3.33. The number of nitrogens with zero attached hydrogens (tertiary/aromatic N) is 4. The summed E-state index contributed by atoms with van der Waals surface area (Å²) < 4.78 is 12.3. The van der Waals surface area contributed by atoms with Crippen LogP contribution in [0.5, 0.6) is 0 Å². The molecule has 0 aromatic carbocycles. The van der Waals surface area contributed by atoms with Gasteiger partial charge in [0, 0.05) is 20.2 Å². The molecule has 8 nitrogen and oxygen atoms in total. The van der Waals surface area contributed by atoms with Crippen LogP contribution in [-0.2, 0) is 22.6 Å². The lowest BCUT2D eigenvalue weighted by atomic mass is 10.2. The van der Waals surface area contributed by atoms with E-state index in [1.165, 1.54) is 7.11 Å². The highest BCUT2D eigenvalue weighted by atomic mass is 16.5. The molecule has 112 valence electrons. The van der Waals surface area contributed by atoms with Crippen molar-refractivity contribution in [2.24, 2.45) is 0 Å². The number of rotatable bonds is 6. The van der Waals surface area contributed by atoms with Crippen LogP contribution in [0, 0.1) is 0 Å². The Hall–Kier alpha value is -1.51. The fourth-order valence-electron chi connectivity index (χ4n) is 2.30. The van der Waals surface area contributed by atoms with Gasteiger partial charge in [-0.15, -0.1) is 5.10 Å². The first-order valence-corrected chi connectivity index (χ1v) is 6.64. The van der Waals surface area contributed by atoms with E-state index in [0.29, 0.717) is 18.8 Å². The van der Waals surface area contributed by atoms with Gasteiger partial charge in [0.25, 0.3) is 0 Å². The van der Waals surface area contributed by atoms with Gasteiger partial charge < -0.3 is 14.6 Å². The standard InChI is InChI=1S/C12H20N4O4/c1-3-15-4-5-20-9(6-15)7-16-10(8-19-2)11(12(17)18)13-14-16/h9H,3-8H2,1-2H3,(H,17,18). The van der Waals surface area contributed by atoms with Gasteiger partial charge in [-0.1, -0.05) is 12.1 Å². The minimum atomic E-state index is -1.09. The highest BCUT2D eigenvalue weighted by molar-refractivity contribution is 5.86. The molecule has 1 aliphatic heterocycles. The topological polar surface area (TPSA) is 89.7 Å². The number of aromatic carboxylic acids is 1. The second-order valence-corrected chi connectivity index (χ2v) is 4.69. The Balaban J connectivity index is 2.10. The summed E-state index contributed by atoms with van der Waals surface area (Å²) in [6.07, 6.45) is -0.0114. The summed E-state index contributed by atoms with van der Waals surface area (Å²) in [5.74, 6) is -1.09. The molecule has 0 saturated carbocycles. The first-order valence-electron chi connectivity index (χ1n) is 6.64. The molecule has 20 heavy (non-hydrogen) atoms. The van der Waals surface area contributed by atoms with Gasteiger partial charge in [0.05, 0.1) is 31.6 Å². The smallest absolute Gasteiger partial charge is 0.358 e. The molecular formula is C12H20N4O4. The van der Waals surface area contributed by atoms with Gasteiger partial charge in [-0.2, -0.15) is 0 Å². The Bertz CT molecular complexity index is 462. The van der Waals surface area contributed by atoms with Crippen molar-refractivity contribution in [3.05, 3.63) is 11.4 Å². The fourth-order valence-corrected chi connectivity index (χ4v) is 2.30. The van der Waals surface area contributed by atoms with Crippen LogP contribution in [0.25, 0.3) is 0 Å². The molecule has 0 spiro atoms. The van der Waals surface area contributed by atoms with Crippen LogP contribution in [-0.4, -0.2) is 70.4 Å². The second-order valence-electron chi connectivity index (χ2n) is 4.69. The highest BCUT2D eigenvalue weighted by Crippen LogP contribution is 2.12. The van der Waals surface area contributed by atoms with Crippen LogP contribution in [0.15, 0.2) is 0 Å². The third-order valence-corrected chi connectivity index (χ3v) is 3.37. The largest absolute Gasteiger partial charge is 0.476 e. The monoisotopic (exact) mass is 284 g/mol. The van der Waals surface area contributed by atoms with Crippen LogP contribution >= 0.6 is 0 Å². The molecule has 0 radical (unpaired) electrons. The van der Waals surface area contributed by atoms with E-state index >= 15 is 0 Å². The average molecular weight is 284 g/mol. The van der Waals surface area contributed by atoms with Crippen LogP contribution in [0.2, 0.25) is 0 Å². The quantitative estimate of drug-likeness (QED) is 0.776. The number of methoxy groups -OCH3 is 1. The predicted molar refractivity (Wildman–Crippen MR) is 69.5 cm³/mol. The van der Waals surface area contributed by atoms with E-state index < -0.39 is 5.97 Å². The van der Waals surface area contributed by atoms with E-state index in [-0.39, 0.29) is 18.4 Å². The van der Waals surface area contributed by atoms with Crippen LogP contribution in [0.4, 0.5) is 0 Å². The van der Waals surface area contributed by atoms with E-state index in [2.05, 4.69) is 22.1 Å². The molecule has 1 aliphatic rings. The highest BCUT2D eigenvalue weighted by Gasteiger charge is 2.24. The van der Waals surface area contributed by atoms with Crippen LogP contribution in [0.3, 0.4) is 0 Å². The number of carboxylic acid groups (broad SMARTS) is 1. The number of morpholine rings is 1. The molecule has 1 fully saturated rings. The zero-order valence-corrected chi connectivity index (χ0v) is 11.8. The summed E-state index contributed by atoms with van der Waals surface area (Å²) in [4.78, 5) is 13.4. The zero-order chi connectivity index (χ0) is 14.5.